The summed E-state index contributed by atoms with van der Waals surface area (Å²) in [6, 6.07) is 7.23. The molecule has 1 aromatic heterocycles. The van der Waals surface area contributed by atoms with E-state index in [1.165, 1.54) is 11.8 Å². The van der Waals surface area contributed by atoms with Crippen LogP contribution in [0.1, 0.15) is 11.3 Å². The molecule has 5 heteroatoms. The van der Waals surface area contributed by atoms with Gasteiger partial charge in [0.1, 0.15) is 5.69 Å². The summed E-state index contributed by atoms with van der Waals surface area (Å²) >= 11 is 13.4. The maximum absolute atomic E-state index is 6.04. The summed E-state index contributed by atoms with van der Waals surface area (Å²) in [5.41, 5.74) is 1.66. The predicted molar refractivity (Wildman–Crippen MR) is 73.7 cm³/mol. The number of benzene rings is 1. The van der Waals surface area contributed by atoms with E-state index in [-0.39, 0.29) is 0 Å². The first-order valence-electron chi connectivity index (χ1n) is 4.83. The summed E-state index contributed by atoms with van der Waals surface area (Å²) in [7, 11) is 0. The summed E-state index contributed by atoms with van der Waals surface area (Å²) in [5, 5.41) is 5.92. The zero-order valence-electron chi connectivity index (χ0n) is 8.98. The van der Waals surface area contributed by atoms with Gasteiger partial charge in [-0.3, -0.25) is 0 Å². The fraction of sp³-hybridized carbons (Fsp3) is 0.0833. The van der Waals surface area contributed by atoms with Gasteiger partial charge in [0.05, 0.1) is 0 Å². The Labute approximate surface area is 114 Å². The van der Waals surface area contributed by atoms with Crippen molar-refractivity contribution in [3.05, 3.63) is 45.6 Å². The highest BCUT2D eigenvalue weighted by Crippen LogP contribution is 2.23. The third-order valence-corrected chi connectivity index (χ3v) is 3.26. The van der Waals surface area contributed by atoms with E-state index in [1.807, 2.05) is 30.5 Å². The van der Waals surface area contributed by atoms with Crippen LogP contribution in [0.5, 0.6) is 0 Å². The minimum atomic E-state index is 0.613. The average Bonchev–Trinajstić information content (AvgIpc) is 2.76. The zero-order valence-corrected chi connectivity index (χ0v) is 11.3. The Morgan fingerprint density at radius 1 is 1.24 bits per heavy atom. The molecule has 0 aliphatic heterocycles. The van der Waals surface area contributed by atoms with Crippen molar-refractivity contribution in [2.75, 3.05) is 6.26 Å². The molecule has 88 valence electrons. The van der Waals surface area contributed by atoms with Crippen molar-refractivity contribution in [1.82, 2.24) is 5.16 Å². The Morgan fingerprint density at radius 2 is 2.06 bits per heavy atom. The van der Waals surface area contributed by atoms with Gasteiger partial charge in [0, 0.05) is 16.1 Å². The molecule has 0 N–H and O–H groups in total. The van der Waals surface area contributed by atoms with Crippen molar-refractivity contribution in [3.8, 4) is 0 Å². The van der Waals surface area contributed by atoms with Crippen LogP contribution in [0.3, 0.4) is 0 Å². The molecule has 0 radical (unpaired) electrons. The second-order valence-electron chi connectivity index (χ2n) is 3.27. The highest BCUT2D eigenvalue weighted by atomic mass is 35.5. The Morgan fingerprint density at radius 3 is 2.71 bits per heavy atom. The minimum Gasteiger partial charge on any atom is -0.349 e. The van der Waals surface area contributed by atoms with E-state index < -0.39 is 0 Å². The number of hydrogen-bond donors (Lipinski definition) is 0. The minimum absolute atomic E-state index is 0.613. The molecule has 0 atom stereocenters. The topological polar surface area (TPSA) is 26.0 Å². The van der Waals surface area contributed by atoms with Crippen LogP contribution < -0.4 is 0 Å². The van der Waals surface area contributed by atoms with Gasteiger partial charge in [0.2, 0.25) is 0 Å². The van der Waals surface area contributed by atoms with Crippen molar-refractivity contribution in [2.24, 2.45) is 0 Å². The third kappa shape index (κ3) is 3.28. The molecule has 1 heterocycles. The van der Waals surface area contributed by atoms with Crippen LogP contribution in [0.2, 0.25) is 10.0 Å². The van der Waals surface area contributed by atoms with E-state index in [0.717, 1.165) is 16.3 Å². The van der Waals surface area contributed by atoms with Gasteiger partial charge in [-0.2, -0.15) is 0 Å². The summed E-state index contributed by atoms with van der Waals surface area (Å²) in [6.45, 7) is 0. The molecule has 0 unspecified atom stereocenters. The maximum atomic E-state index is 6.04. The van der Waals surface area contributed by atoms with Crippen molar-refractivity contribution in [1.29, 1.82) is 0 Å². The lowest BCUT2D eigenvalue weighted by Crippen LogP contribution is -1.75. The molecule has 2 nitrogen and oxygen atoms in total. The van der Waals surface area contributed by atoms with Crippen LogP contribution in [-0.4, -0.2) is 11.4 Å². The molecule has 17 heavy (non-hydrogen) atoms. The van der Waals surface area contributed by atoms with E-state index in [0.29, 0.717) is 10.0 Å². The van der Waals surface area contributed by atoms with Gasteiger partial charge >= 0.3 is 0 Å². The monoisotopic (exact) mass is 285 g/mol. The second-order valence-corrected chi connectivity index (χ2v) is 4.93. The Kier molecular flexibility index (Phi) is 4.15. The van der Waals surface area contributed by atoms with Crippen LogP contribution in [-0.2, 0) is 0 Å². The molecule has 0 saturated carbocycles. The van der Waals surface area contributed by atoms with Gasteiger partial charge in [-0.25, -0.2) is 0 Å². The number of thioether (sulfide) groups is 1. The van der Waals surface area contributed by atoms with E-state index in [4.69, 9.17) is 27.7 Å². The van der Waals surface area contributed by atoms with Gasteiger partial charge in [-0.1, -0.05) is 52.3 Å². The van der Waals surface area contributed by atoms with Crippen LogP contribution in [0.15, 0.2) is 33.9 Å². The summed E-state index contributed by atoms with van der Waals surface area (Å²) in [4.78, 5) is 0. The number of rotatable bonds is 3. The molecular weight excluding hydrogens is 277 g/mol. The first kappa shape index (κ1) is 12.6. The van der Waals surface area contributed by atoms with Crippen molar-refractivity contribution >= 4 is 47.1 Å². The average molecular weight is 286 g/mol. The number of halogens is 2. The first-order valence-corrected chi connectivity index (χ1v) is 6.81. The van der Waals surface area contributed by atoms with Crippen molar-refractivity contribution in [3.63, 3.8) is 0 Å². The maximum Gasteiger partial charge on any atom is 0.193 e. The molecule has 0 bridgehead atoms. The van der Waals surface area contributed by atoms with Gasteiger partial charge in [-0.15, -0.1) is 0 Å². The third-order valence-electron chi connectivity index (χ3n) is 2.10. The zero-order chi connectivity index (χ0) is 12.3. The highest BCUT2D eigenvalue weighted by Gasteiger charge is 2.00. The quantitative estimate of drug-likeness (QED) is 0.752. The lowest BCUT2D eigenvalue weighted by Gasteiger charge is -1.97. The van der Waals surface area contributed by atoms with Gasteiger partial charge in [0.25, 0.3) is 0 Å². The largest absolute Gasteiger partial charge is 0.349 e. The van der Waals surface area contributed by atoms with Gasteiger partial charge < -0.3 is 4.52 Å². The Hall–Kier alpha value is -0.900. The fourth-order valence-electron chi connectivity index (χ4n) is 1.26. The molecule has 0 fully saturated rings. The van der Waals surface area contributed by atoms with Crippen molar-refractivity contribution < 1.29 is 4.52 Å². The van der Waals surface area contributed by atoms with E-state index in [2.05, 4.69) is 5.16 Å². The highest BCUT2D eigenvalue weighted by molar-refractivity contribution is 7.98. The lowest BCUT2D eigenvalue weighted by atomic mass is 10.2. The first-order chi connectivity index (χ1) is 8.19. The molecular formula is C12H9Cl2NOS. The van der Waals surface area contributed by atoms with E-state index >= 15 is 0 Å². The smallest absolute Gasteiger partial charge is 0.193 e. The van der Waals surface area contributed by atoms with Crippen LogP contribution in [0, 0.1) is 0 Å². The molecule has 0 saturated heterocycles. The van der Waals surface area contributed by atoms with E-state index in [1.54, 1.807) is 12.1 Å². The molecule has 0 aliphatic rings. The van der Waals surface area contributed by atoms with Gasteiger partial charge in [0.15, 0.2) is 5.09 Å². The standard InChI is InChI=1S/C12H9Cl2NOS/c1-17-12-7-10(15-16-12)5-3-8-2-4-9(13)6-11(8)14/h2-7H,1H3/b5-3+. The van der Waals surface area contributed by atoms with Crippen LogP contribution >= 0.6 is 35.0 Å². The molecule has 2 rings (SSSR count). The van der Waals surface area contributed by atoms with Gasteiger partial charge in [-0.05, 0) is 30.0 Å². The fourth-order valence-corrected chi connectivity index (χ4v) is 2.08. The molecule has 0 aliphatic carbocycles. The molecule has 0 spiro atoms. The Bertz CT molecular complexity index is 551. The summed E-state index contributed by atoms with van der Waals surface area (Å²) in [6.07, 6.45) is 5.66. The van der Waals surface area contributed by atoms with Crippen LogP contribution in [0.4, 0.5) is 0 Å². The summed E-state index contributed by atoms with van der Waals surface area (Å²) < 4.78 is 5.06. The number of nitrogens with zero attached hydrogens (tertiary/aromatic N) is 1. The number of aromatic nitrogens is 1. The van der Waals surface area contributed by atoms with Crippen molar-refractivity contribution in [2.45, 2.75) is 5.09 Å². The molecule has 0 amide bonds. The second kappa shape index (κ2) is 5.63. The lowest BCUT2D eigenvalue weighted by molar-refractivity contribution is 0.349. The van der Waals surface area contributed by atoms with Crippen LogP contribution in [0.25, 0.3) is 12.2 Å². The number of hydrogen-bond acceptors (Lipinski definition) is 3. The molecule has 1 aromatic carbocycles. The summed E-state index contributed by atoms with van der Waals surface area (Å²) in [5.74, 6) is 0. The Balaban J connectivity index is 2.19. The van der Waals surface area contributed by atoms with E-state index in [9.17, 15) is 0 Å². The normalized spacial score (nSPS) is 11.2. The SMILES string of the molecule is CSc1cc(/C=C/c2ccc(Cl)cc2Cl)no1. The predicted octanol–water partition coefficient (Wildman–Crippen LogP) is 4.87. The molecule has 2 aromatic rings.